The Labute approximate surface area is 182 Å². The van der Waals surface area contributed by atoms with Crippen LogP contribution in [0.1, 0.15) is 26.7 Å². The van der Waals surface area contributed by atoms with E-state index in [1.807, 2.05) is 0 Å². The Morgan fingerprint density at radius 3 is 1.06 bits per heavy atom. The summed E-state index contributed by atoms with van der Waals surface area (Å²) in [6, 6.07) is 0. The Morgan fingerprint density at radius 1 is 0.514 bits per heavy atom. The Morgan fingerprint density at radius 2 is 0.800 bits per heavy atom. The highest BCUT2D eigenvalue weighted by atomic mass is 19.4. The van der Waals surface area contributed by atoms with Gasteiger partial charge in [-0.05, 0) is 13.3 Å². The first-order valence-corrected chi connectivity index (χ1v) is 8.57. The summed E-state index contributed by atoms with van der Waals surface area (Å²) < 4.78 is 243. The number of carbonyl (C=O) groups is 1. The molecular weight excluding hydrogens is 554 g/mol. The lowest BCUT2D eigenvalue weighted by molar-refractivity contribution is -0.465. The second kappa shape index (κ2) is 8.95. The van der Waals surface area contributed by atoms with Gasteiger partial charge in [0.2, 0.25) is 0 Å². The largest absolute Gasteiger partial charge is 0.466 e. The summed E-state index contributed by atoms with van der Waals surface area (Å²) in [4.78, 5) is 11.1. The Hall–Kier alpha value is -1.79. The summed E-state index contributed by atoms with van der Waals surface area (Å²) in [5, 5.41) is 0. The molecule has 0 aliphatic heterocycles. The second-order valence-corrected chi connectivity index (χ2v) is 6.82. The summed E-state index contributed by atoms with van der Waals surface area (Å²) in [7, 11) is 0. The van der Waals surface area contributed by atoms with Crippen molar-refractivity contribution in [3.8, 4) is 0 Å². The lowest BCUT2D eigenvalue weighted by atomic mass is 9.81. The van der Waals surface area contributed by atoms with E-state index in [4.69, 9.17) is 0 Å². The van der Waals surface area contributed by atoms with Gasteiger partial charge >= 0.3 is 53.6 Å². The summed E-state index contributed by atoms with van der Waals surface area (Å²) >= 11 is 0. The third kappa shape index (κ3) is 4.46. The SMILES string of the molecule is CCOC(=O)CC(F)(CC)C(F)(F)C(F)(F)C(F)(F)C(F)(F)C(F)(F)C(F)(F)C(F)(F)C(F)(F)F. The van der Waals surface area contributed by atoms with Crippen LogP contribution < -0.4 is 0 Å². The van der Waals surface area contributed by atoms with E-state index in [0.717, 1.165) is 6.92 Å². The number of alkyl halides is 18. The Kier molecular flexibility index (Phi) is 8.49. The van der Waals surface area contributed by atoms with Crippen molar-refractivity contribution in [3.05, 3.63) is 0 Å². The quantitative estimate of drug-likeness (QED) is 0.198. The molecule has 0 N–H and O–H groups in total. The number of esters is 1. The summed E-state index contributed by atoms with van der Waals surface area (Å²) in [6.07, 6.45) is -12.6. The van der Waals surface area contributed by atoms with Crippen molar-refractivity contribution in [2.75, 3.05) is 6.61 Å². The van der Waals surface area contributed by atoms with E-state index in [9.17, 15) is 83.8 Å². The molecule has 0 aromatic rings. The van der Waals surface area contributed by atoms with Gasteiger partial charge in [0.15, 0.2) is 5.67 Å². The van der Waals surface area contributed by atoms with Gasteiger partial charge in [0.25, 0.3) is 0 Å². The van der Waals surface area contributed by atoms with Crippen LogP contribution in [0.25, 0.3) is 0 Å². The number of hydrogen-bond acceptors (Lipinski definition) is 2. The van der Waals surface area contributed by atoms with E-state index in [1.165, 1.54) is 0 Å². The fraction of sp³-hybridized carbons (Fsp3) is 0.933. The van der Waals surface area contributed by atoms with Crippen LogP contribution >= 0.6 is 0 Å². The Bertz CT molecular complexity index is 770. The summed E-state index contributed by atoms with van der Waals surface area (Å²) in [5.74, 6) is -60.9. The van der Waals surface area contributed by atoms with Crippen LogP contribution in [-0.4, -0.2) is 65.9 Å². The zero-order valence-electron chi connectivity index (χ0n) is 16.7. The molecule has 0 fully saturated rings. The molecule has 0 radical (unpaired) electrons. The molecule has 0 rings (SSSR count). The van der Waals surface area contributed by atoms with Crippen LogP contribution in [0.5, 0.6) is 0 Å². The highest BCUT2D eigenvalue weighted by Crippen LogP contribution is 2.65. The number of ether oxygens (including phenoxy) is 1. The number of halogens is 18. The maximum Gasteiger partial charge on any atom is 0.460 e. The van der Waals surface area contributed by atoms with Crippen LogP contribution in [0.15, 0.2) is 0 Å². The topological polar surface area (TPSA) is 26.3 Å². The van der Waals surface area contributed by atoms with Crippen LogP contribution in [0.3, 0.4) is 0 Å². The molecule has 0 saturated carbocycles. The van der Waals surface area contributed by atoms with E-state index >= 15 is 0 Å². The highest BCUT2D eigenvalue weighted by molar-refractivity contribution is 5.71. The van der Waals surface area contributed by atoms with Gasteiger partial charge in [0.05, 0.1) is 13.0 Å². The Balaban J connectivity index is 6.92. The number of carbonyl (C=O) groups excluding carboxylic acids is 1. The fourth-order valence-electron chi connectivity index (χ4n) is 2.34. The fourth-order valence-corrected chi connectivity index (χ4v) is 2.34. The lowest BCUT2D eigenvalue weighted by Crippen LogP contribution is -2.76. The first kappa shape index (κ1) is 33.2. The number of rotatable bonds is 11. The predicted octanol–water partition coefficient (Wildman–Crippen LogP) is 7.07. The van der Waals surface area contributed by atoms with E-state index < -0.39 is 78.7 Å². The molecule has 0 aromatic heterocycles. The highest BCUT2D eigenvalue weighted by Gasteiger charge is 2.96. The van der Waals surface area contributed by atoms with Gasteiger partial charge in [0, 0.05) is 0 Å². The van der Waals surface area contributed by atoms with Crippen molar-refractivity contribution in [1.29, 1.82) is 0 Å². The van der Waals surface area contributed by atoms with Gasteiger partial charge in [-0.15, -0.1) is 0 Å². The van der Waals surface area contributed by atoms with Crippen LogP contribution in [-0.2, 0) is 9.53 Å². The van der Waals surface area contributed by atoms with E-state index in [2.05, 4.69) is 4.74 Å². The van der Waals surface area contributed by atoms with Crippen molar-refractivity contribution < 1.29 is 88.6 Å². The molecule has 0 saturated heterocycles. The lowest BCUT2D eigenvalue weighted by Gasteiger charge is -2.45. The molecule has 0 aliphatic carbocycles. The molecule has 0 heterocycles. The molecular formula is C15H12F18O2. The molecule has 210 valence electrons. The van der Waals surface area contributed by atoms with Gasteiger partial charge in [-0.3, -0.25) is 4.79 Å². The van der Waals surface area contributed by atoms with Crippen LogP contribution in [0, 0.1) is 0 Å². The maximum atomic E-state index is 14.4. The van der Waals surface area contributed by atoms with Crippen molar-refractivity contribution in [3.63, 3.8) is 0 Å². The molecule has 35 heavy (non-hydrogen) atoms. The third-order valence-electron chi connectivity index (χ3n) is 4.58. The standard InChI is InChI=1S/C15H12F18O2/c1-3-7(16,5-6(34)35-4-2)8(17,18)9(19,20)10(21,22)11(23,24)12(25,26)13(27,28)14(29,30)15(31,32)33/h3-5H2,1-2H3. The van der Waals surface area contributed by atoms with Gasteiger partial charge in [0.1, 0.15) is 0 Å². The minimum Gasteiger partial charge on any atom is -0.466 e. The van der Waals surface area contributed by atoms with Gasteiger partial charge in [-0.2, -0.15) is 74.6 Å². The molecule has 0 spiro atoms. The van der Waals surface area contributed by atoms with Crippen LogP contribution in [0.4, 0.5) is 79.0 Å². The molecule has 0 amide bonds. The molecule has 0 bridgehead atoms. The van der Waals surface area contributed by atoms with Crippen LogP contribution in [0.2, 0.25) is 0 Å². The first-order valence-electron chi connectivity index (χ1n) is 8.57. The molecule has 0 aliphatic rings. The monoisotopic (exact) mass is 566 g/mol. The average Bonchev–Trinajstić information content (AvgIpc) is 2.65. The molecule has 20 heteroatoms. The zero-order valence-corrected chi connectivity index (χ0v) is 16.7. The molecule has 1 unspecified atom stereocenters. The maximum absolute atomic E-state index is 14.4. The molecule has 0 aromatic carbocycles. The van der Waals surface area contributed by atoms with Gasteiger partial charge in [-0.1, -0.05) is 6.92 Å². The van der Waals surface area contributed by atoms with Crippen molar-refractivity contribution in [2.45, 2.75) is 80.0 Å². The van der Waals surface area contributed by atoms with Crippen molar-refractivity contribution in [2.24, 2.45) is 0 Å². The minimum atomic E-state index is -8.82. The first-order chi connectivity index (χ1) is 15.0. The van der Waals surface area contributed by atoms with Gasteiger partial charge < -0.3 is 4.74 Å². The smallest absolute Gasteiger partial charge is 0.460 e. The van der Waals surface area contributed by atoms with E-state index in [-0.39, 0.29) is 6.92 Å². The van der Waals surface area contributed by atoms with E-state index in [1.54, 1.807) is 0 Å². The van der Waals surface area contributed by atoms with Crippen molar-refractivity contribution in [1.82, 2.24) is 0 Å². The van der Waals surface area contributed by atoms with Gasteiger partial charge in [-0.25, -0.2) is 4.39 Å². The summed E-state index contributed by atoms with van der Waals surface area (Å²) in [5.41, 5.74) is -5.34. The zero-order chi connectivity index (χ0) is 28.9. The molecule has 2 nitrogen and oxygen atoms in total. The van der Waals surface area contributed by atoms with Crippen molar-refractivity contribution >= 4 is 5.97 Å². The number of hydrogen-bond donors (Lipinski definition) is 0. The average molecular weight is 566 g/mol. The summed E-state index contributed by atoms with van der Waals surface area (Å²) in [6.45, 7) is 0.264. The normalized spacial score (nSPS) is 17.3. The second-order valence-electron chi connectivity index (χ2n) is 6.82. The molecule has 1 atom stereocenters. The minimum absolute atomic E-state index is 0.117. The third-order valence-corrected chi connectivity index (χ3v) is 4.58. The van der Waals surface area contributed by atoms with E-state index in [0.29, 0.717) is 0 Å². The predicted molar refractivity (Wildman–Crippen MR) is 76.1 cm³/mol.